The first-order valence-electron chi connectivity index (χ1n) is 6.84. The van der Waals surface area contributed by atoms with Crippen LogP contribution in [0.15, 0.2) is 30.5 Å². The molecule has 0 unspecified atom stereocenters. The highest BCUT2D eigenvalue weighted by Crippen LogP contribution is 2.25. The van der Waals surface area contributed by atoms with Crippen molar-refractivity contribution < 1.29 is 0 Å². The van der Waals surface area contributed by atoms with Gasteiger partial charge in [0, 0.05) is 20.1 Å². The van der Waals surface area contributed by atoms with Gasteiger partial charge in [0.2, 0.25) is 0 Å². The molecule has 1 aliphatic heterocycles. The largest absolute Gasteiger partial charge is 0.287 e. The third-order valence-electron chi connectivity index (χ3n) is 3.86. The minimum absolute atomic E-state index is 0.472. The highest BCUT2D eigenvalue weighted by Gasteiger charge is 2.20. The monoisotopic (exact) mass is 299 g/mol. The lowest BCUT2D eigenvalue weighted by Crippen LogP contribution is -2.17. The molecule has 2 aromatic heterocycles. The molecule has 0 saturated carbocycles. The Bertz CT molecular complexity index is 801. The second kappa shape index (κ2) is 4.79. The summed E-state index contributed by atoms with van der Waals surface area (Å²) in [7, 11) is 1.86. The molecule has 3 aromatic rings. The summed E-state index contributed by atoms with van der Waals surface area (Å²) in [5, 5.41) is 5.45. The predicted molar refractivity (Wildman–Crippen MR) is 80.7 cm³/mol. The summed E-state index contributed by atoms with van der Waals surface area (Å²) in [4.78, 5) is 11.3. The lowest BCUT2D eigenvalue weighted by Gasteiger charge is -2.13. The maximum atomic E-state index is 6.23. The smallest absolute Gasteiger partial charge is 0.162 e. The molecule has 0 atom stereocenters. The number of halogens is 1. The number of nitrogens with zero attached hydrogens (tertiary/aromatic N) is 5. The van der Waals surface area contributed by atoms with E-state index in [2.05, 4.69) is 44.2 Å². The van der Waals surface area contributed by atoms with E-state index >= 15 is 0 Å². The number of aryl methyl sites for hydroxylation is 1. The van der Waals surface area contributed by atoms with Crippen LogP contribution in [-0.2, 0) is 26.7 Å². The van der Waals surface area contributed by atoms with E-state index in [0.29, 0.717) is 11.7 Å². The van der Waals surface area contributed by atoms with Crippen LogP contribution in [0, 0.1) is 0 Å². The summed E-state index contributed by atoms with van der Waals surface area (Å²) in [5.74, 6) is 0.740. The predicted octanol–water partition coefficient (Wildman–Crippen LogP) is 2.53. The fraction of sp³-hybridized carbons (Fsp3) is 0.267. The Labute approximate surface area is 127 Å². The molecule has 0 bridgehead atoms. The van der Waals surface area contributed by atoms with E-state index in [1.807, 2.05) is 7.05 Å². The van der Waals surface area contributed by atoms with Crippen molar-refractivity contribution in [1.29, 1.82) is 0 Å². The number of hydrogen-bond acceptors (Lipinski definition) is 4. The van der Waals surface area contributed by atoms with Crippen LogP contribution in [0.4, 0.5) is 0 Å². The molecule has 6 heteroatoms. The van der Waals surface area contributed by atoms with Gasteiger partial charge in [0.05, 0.1) is 18.1 Å². The second-order valence-corrected chi connectivity index (χ2v) is 5.71. The van der Waals surface area contributed by atoms with E-state index in [0.717, 1.165) is 29.9 Å². The number of rotatable bonds is 2. The van der Waals surface area contributed by atoms with E-state index in [9.17, 15) is 0 Å². The van der Waals surface area contributed by atoms with Crippen LogP contribution in [0.1, 0.15) is 17.0 Å². The zero-order valence-electron chi connectivity index (χ0n) is 11.6. The van der Waals surface area contributed by atoms with Gasteiger partial charge < -0.3 is 0 Å². The first kappa shape index (κ1) is 12.7. The molecule has 3 heterocycles. The highest BCUT2D eigenvalue weighted by atomic mass is 35.5. The Morgan fingerprint density at radius 2 is 1.86 bits per heavy atom. The van der Waals surface area contributed by atoms with Gasteiger partial charge in [0.25, 0.3) is 0 Å². The van der Waals surface area contributed by atoms with Gasteiger partial charge in [-0.15, -0.1) is 0 Å². The highest BCUT2D eigenvalue weighted by molar-refractivity contribution is 6.33. The Balaban J connectivity index is 1.62. The van der Waals surface area contributed by atoms with Gasteiger partial charge in [-0.3, -0.25) is 9.58 Å². The minimum Gasteiger partial charge on any atom is -0.287 e. The van der Waals surface area contributed by atoms with Crippen LogP contribution in [0.25, 0.3) is 11.0 Å². The Morgan fingerprint density at radius 1 is 1.14 bits per heavy atom. The van der Waals surface area contributed by atoms with Gasteiger partial charge in [-0.05, 0) is 11.1 Å². The van der Waals surface area contributed by atoms with Crippen LogP contribution in [0.3, 0.4) is 0 Å². The third-order valence-corrected chi connectivity index (χ3v) is 4.15. The van der Waals surface area contributed by atoms with Gasteiger partial charge >= 0.3 is 0 Å². The number of hydrogen-bond donors (Lipinski definition) is 0. The van der Waals surface area contributed by atoms with Crippen molar-refractivity contribution in [2.75, 3.05) is 0 Å². The van der Waals surface area contributed by atoms with Crippen molar-refractivity contribution in [3.63, 3.8) is 0 Å². The first-order chi connectivity index (χ1) is 10.2. The van der Waals surface area contributed by atoms with Crippen molar-refractivity contribution >= 4 is 22.6 Å². The van der Waals surface area contributed by atoms with Crippen molar-refractivity contribution in [3.05, 3.63) is 52.6 Å². The zero-order valence-corrected chi connectivity index (χ0v) is 12.4. The van der Waals surface area contributed by atoms with E-state index in [-0.39, 0.29) is 0 Å². The summed E-state index contributed by atoms with van der Waals surface area (Å²) >= 11 is 6.23. The van der Waals surface area contributed by atoms with Crippen LogP contribution < -0.4 is 0 Å². The molecule has 0 N–H and O–H groups in total. The number of aromatic nitrogens is 4. The van der Waals surface area contributed by atoms with Gasteiger partial charge in [-0.1, -0.05) is 35.9 Å². The normalized spacial score (nSPS) is 14.8. The summed E-state index contributed by atoms with van der Waals surface area (Å²) in [6.07, 6.45) is 1.70. The number of benzene rings is 1. The maximum absolute atomic E-state index is 6.23. The lowest BCUT2D eigenvalue weighted by atomic mass is 10.1. The molecule has 5 nitrogen and oxygen atoms in total. The molecule has 0 amide bonds. The van der Waals surface area contributed by atoms with Crippen LogP contribution >= 0.6 is 11.6 Å². The molecule has 1 aromatic carbocycles. The molecule has 21 heavy (non-hydrogen) atoms. The molecule has 0 spiro atoms. The number of fused-ring (bicyclic) bond motifs is 2. The molecule has 0 fully saturated rings. The van der Waals surface area contributed by atoms with E-state index < -0.39 is 0 Å². The Kier molecular flexibility index (Phi) is 2.90. The fourth-order valence-electron chi connectivity index (χ4n) is 2.82. The molecule has 0 saturated heterocycles. The average molecular weight is 300 g/mol. The summed E-state index contributed by atoms with van der Waals surface area (Å²) in [5.41, 5.74) is 3.54. The fourth-order valence-corrected chi connectivity index (χ4v) is 3.05. The lowest BCUT2D eigenvalue weighted by molar-refractivity contribution is 0.268. The topological polar surface area (TPSA) is 46.8 Å². The Hall–Kier alpha value is -1.98. The van der Waals surface area contributed by atoms with Crippen molar-refractivity contribution in [2.45, 2.75) is 19.6 Å². The molecule has 4 rings (SSSR count). The van der Waals surface area contributed by atoms with Crippen LogP contribution in [-0.4, -0.2) is 24.6 Å². The van der Waals surface area contributed by atoms with Gasteiger partial charge in [-0.2, -0.15) is 5.10 Å². The SMILES string of the molecule is Cn1ncc2c(Cl)nc(CN3Cc4ccccc4C3)nc21. The third kappa shape index (κ3) is 2.18. The van der Waals surface area contributed by atoms with Gasteiger partial charge in [-0.25, -0.2) is 9.97 Å². The van der Waals surface area contributed by atoms with Crippen LogP contribution in [0.2, 0.25) is 5.15 Å². The van der Waals surface area contributed by atoms with Crippen molar-refractivity contribution in [1.82, 2.24) is 24.6 Å². The van der Waals surface area contributed by atoms with Gasteiger partial charge in [0.1, 0.15) is 11.0 Å². The van der Waals surface area contributed by atoms with Gasteiger partial charge in [0.15, 0.2) is 5.65 Å². The zero-order chi connectivity index (χ0) is 14.4. The first-order valence-corrected chi connectivity index (χ1v) is 7.22. The summed E-state index contributed by atoms with van der Waals surface area (Å²) in [6, 6.07) is 8.51. The Morgan fingerprint density at radius 3 is 2.57 bits per heavy atom. The van der Waals surface area contributed by atoms with E-state index in [1.54, 1.807) is 10.9 Å². The van der Waals surface area contributed by atoms with Crippen molar-refractivity contribution in [2.24, 2.45) is 7.05 Å². The maximum Gasteiger partial charge on any atom is 0.162 e. The summed E-state index contributed by atoms with van der Waals surface area (Å²) < 4.78 is 1.73. The molecular formula is C15H14ClN5. The molecule has 0 radical (unpaired) electrons. The second-order valence-electron chi connectivity index (χ2n) is 5.35. The van der Waals surface area contributed by atoms with E-state index in [4.69, 9.17) is 11.6 Å². The van der Waals surface area contributed by atoms with E-state index in [1.165, 1.54) is 11.1 Å². The van der Waals surface area contributed by atoms with Crippen LogP contribution in [0.5, 0.6) is 0 Å². The molecule has 0 aliphatic carbocycles. The van der Waals surface area contributed by atoms with Crippen molar-refractivity contribution in [3.8, 4) is 0 Å². The summed E-state index contributed by atoms with van der Waals surface area (Å²) in [6.45, 7) is 2.55. The molecule has 106 valence electrons. The molecule has 1 aliphatic rings. The average Bonchev–Trinajstić information content (AvgIpc) is 3.03. The quantitative estimate of drug-likeness (QED) is 0.682. The molecular weight excluding hydrogens is 286 g/mol. The standard InChI is InChI=1S/C15H14ClN5/c1-20-15-12(6-17-20)14(16)18-13(19-15)9-21-7-10-4-2-3-5-11(10)8-21/h2-6H,7-9H2,1H3. The minimum atomic E-state index is 0.472.